The van der Waals surface area contributed by atoms with Crippen molar-refractivity contribution in [1.29, 1.82) is 0 Å². The molecule has 2 aromatic rings. The monoisotopic (exact) mass is 363 g/mol. The van der Waals surface area contributed by atoms with Crippen LogP contribution in [0.4, 0.5) is 0 Å². The first kappa shape index (κ1) is 18.7. The molecule has 1 N–H and O–H groups in total. The predicted molar refractivity (Wildman–Crippen MR) is 108 cm³/mol. The van der Waals surface area contributed by atoms with Gasteiger partial charge in [0.15, 0.2) is 0 Å². The van der Waals surface area contributed by atoms with Crippen molar-refractivity contribution >= 4 is 12.1 Å². The van der Waals surface area contributed by atoms with Crippen molar-refractivity contribution in [2.24, 2.45) is 5.10 Å². The van der Waals surface area contributed by atoms with Gasteiger partial charge in [-0.05, 0) is 48.7 Å². The molecule has 1 aliphatic heterocycles. The van der Waals surface area contributed by atoms with E-state index in [0.717, 1.165) is 24.4 Å². The van der Waals surface area contributed by atoms with Gasteiger partial charge in [-0.2, -0.15) is 5.10 Å². The van der Waals surface area contributed by atoms with Crippen LogP contribution >= 0.6 is 0 Å². The largest absolute Gasteiger partial charge is 0.497 e. The molecular formula is C22H25N3O2. The Bertz CT molecular complexity index is 779. The van der Waals surface area contributed by atoms with Crippen molar-refractivity contribution in [2.45, 2.75) is 18.9 Å². The predicted octanol–water partition coefficient (Wildman–Crippen LogP) is 3.80. The van der Waals surface area contributed by atoms with E-state index in [0.29, 0.717) is 5.56 Å². The maximum Gasteiger partial charge on any atom is 0.252 e. The summed E-state index contributed by atoms with van der Waals surface area (Å²) in [6, 6.07) is 16.7. The first-order valence-corrected chi connectivity index (χ1v) is 9.22. The molecule has 1 fully saturated rings. The minimum atomic E-state index is -0.256. The summed E-state index contributed by atoms with van der Waals surface area (Å²) in [5.74, 6) is 0.670. The average Bonchev–Trinajstić information content (AvgIpc) is 3.24. The van der Waals surface area contributed by atoms with E-state index in [-0.39, 0.29) is 11.9 Å². The van der Waals surface area contributed by atoms with Gasteiger partial charge in [0.05, 0.1) is 13.2 Å². The van der Waals surface area contributed by atoms with Gasteiger partial charge in [-0.15, -0.1) is 0 Å². The molecule has 1 saturated heterocycles. The second-order valence-corrected chi connectivity index (χ2v) is 6.40. The van der Waals surface area contributed by atoms with E-state index in [2.05, 4.69) is 15.4 Å². The lowest BCUT2D eigenvalue weighted by molar-refractivity contribution is 0.0944. The average molecular weight is 363 g/mol. The molecule has 1 atom stereocenters. The van der Waals surface area contributed by atoms with Crippen LogP contribution < -0.4 is 10.1 Å². The molecule has 0 aromatic heterocycles. The Kier molecular flexibility index (Phi) is 6.63. The number of carbonyl (C=O) groups excluding carboxylic acids is 1. The third kappa shape index (κ3) is 5.45. The lowest BCUT2D eigenvalue weighted by Crippen LogP contribution is -2.27. The van der Waals surface area contributed by atoms with Gasteiger partial charge in [-0.25, -0.2) is 0 Å². The zero-order valence-corrected chi connectivity index (χ0v) is 15.5. The maximum atomic E-state index is 12.6. The molecule has 0 radical (unpaired) electrons. The number of rotatable bonds is 7. The van der Waals surface area contributed by atoms with Crippen molar-refractivity contribution in [3.63, 3.8) is 0 Å². The van der Waals surface area contributed by atoms with Gasteiger partial charge in [0.25, 0.3) is 5.91 Å². The van der Waals surface area contributed by atoms with Gasteiger partial charge in [-0.3, -0.25) is 9.80 Å². The third-order valence-corrected chi connectivity index (χ3v) is 4.50. The van der Waals surface area contributed by atoms with E-state index in [1.165, 1.54) is 12.8 Å². The Balaban J connectivity index is 1.73. The highest BCUT2D eigenvalue weighted by molar-refractivity contribution is 5.94. The summed E-state index contributed by atoms with van der Waals surface area (Å²) >= 11 is 0. The first-order valence-electron chi connectivity index (χ1n) is 9.22. The summed E-state index contributed by atoms with van der Waals surface area (Å²) in [5.41, 5.74) is 1.61. The van der Waals surface area contributed by atoms with E-state index in [1.54, 1.807) is 25.5 Å². The Morgan fingerprint density at radius 3 is 2.48 bits per heavy atom. The van der Waals surface area contributed by atoms with Gasteiger partial charge >= 0.3 is 0 Å². The molecule has 1 heterocycles. The number of carbonyl (C=O) groups is 1. The van der Waals surface area contributed by atoms with Crippen molar-refractivity contribution in [3.05, 3.63) is 77.9 Å². The number of hydrogen-bond acceptors (Lipinski definition) is 4. The van der Waals surface area contributed by atoms with Crippen LogP contribution in [-0.2, 0) is 0 Å². The lowest BCUT2D eigenvalue weighted by atomic mass is 10.1. The summed E-state index contributed by atoms with van der Waals surface area (Å²) in [5, 5.41) is 9.58. The number of hydrazone groups is 1. The molecule has 3 rings (SSSR count). The minimum Gasteiger partial charge on any atom is -0.497 e. The normalized spacial score (nSPS) is 15.4. The van der Waals surface area contributed by atoms with Gasteiger partial charge in [-0.1, -0.05) is 36.4 Å². The van der Waals surface area contributed by atoms with Crippen molar-refractivity contribution < 1.29 is 9.53 Å². The second kappa shape index (κ2) is 9.57. The zero-order valence-electron chi connectivity index (χ0n) is 15.5. The number of nitrogens with zero attached hydrogens (tertiary/aromatic N) is 2. The van der Waals surface area contributed by atoms with Crippen LogP contribution in [0.15, 0.2) is 71.9 Å². The number of ether oxygens (including phenoxy) is 1. The van der Waals surface area contributed by atoms with Crippen LogP contribution in [0.3, 0.4) is 0 Å². The molecule has 0 spiro atoms. The third-order valence-electron chi connectivity index (χ3n) is 4.50. The van der Waals surface area contributed by atoms with Crippen LogP contribution in [-0.4, -0.2) is 37.3 Å². The molecule has 27 heavy (non-hydrogen) atoms. The first-order chi connectivity index (χ1) is 13.3. The molecule has 0 bridgehead atoms. The SMILES string of the molecule is COc1ccc([C@@H](/C=C/C=N/N2CCCC2)NC(=O)c2ccccc2)cc1. The van der Waals surface area contributed by atoms with Crippen LogP contribution in [0.5, 0.6) is 5.75 Å². The highest BCUT2D eigenvalue weighted by Crippen LogP contribution is 2.19. The number of benzene rings is 2. The summed E-state index contributed by atoms with van der Waals surface area (Å²) in [6.07, 6.45) is 8.02. The zero-order chi connectivity index (χ0) is 18.9. The fourth-order valence-corrected chi connectivity index (χ4v) is 2.98. The Labute approximate surface area is 160 Å². The number of amides is 1. The molecule has 1 aliphatic rings. The highest BCUT2D eigenvalue weighted by atomic mass is 16.5. The van der Waals surface area contributed by atoms with E-state index in [4.69, 9.17) is 4.74 Å². The topological polar surface area (TPSA) is 53.9 Å². The fraction of sp³-hybridized carbons (Fsp3) is 0.273. The van der Waals surface area contributed by atoms with Gasteiger partial charge in [0.1, 0.15) is 5.75 Å². The standard InChI is InChI=1S/C22H25N3O2/c1-27-20-13-11-18(12-14-20)21(10-7-15-23-25-16-5-6-17-25)24-22(26)19-8-3-2-4-9-19/h2-4,7-15,21H,5-6,16-17H2,1H3,(H,24,26)/b10-7+,23-15+/t21-/m1/s1. The van der Waals surface area contributed by atoms with E-state index in [1.807, 2.05) is 54.6 Å². The summed E-state index contributed by atoms with van der Waals surface area (Å²) in [7, 11) is 1.64. The quantitative estimate of drug-likeness (QED) is 0.761. The molecule has 5 nitrogen and oxygen atoms in total. The fourth-order valence-electron chi connectivity index (χ4n) is 2.98. The lowest BCUT2D eigenvalue weighted by Gasteiger charge is -2.16. The molecule has 0 aliphatic carbocycles. The van der Waals surface area contributed by atoms with Gasteiger partial charge < -0.3 is 10.1 Å². The molecular weight excluding hydrogens is 338 g/mol. The molecule has 140 valence electrons. The number of allylic oxidation sites excluding steroid dienone is 1. The van der Waals surface area contributed by atoms with Crippen molar-refractivity contribution in [2.75, 3.05) is 20.2 Å². The minimum absolute atomic E-state index is 0.113. The molecule has 5 heteroatoms. The molecule has 0 saturated carbocycles. The van der Waals surface area contributed by atoms with Gasteiger partial charge in [0, 0.05) is 24.9 Å². The second-order valence-electron chi connectivity index (χ2n) is 6.40. The van der Waals surface area contributed by atoms with Crippen molar-refractivity contribution in [1.82, 2.24) is 10.3 Å². The van der Waals surface area contributed by atoms with Crippen molar-refractivity contribution in [3.8, 4) is 5.75 Å². The summed E-state index contributed by atoms with van der Waals surface area (Å²) < 4.78 is 5.22. The molecule has 2 aromatic carbocycles. The number of nitrogens with one attached hydrogen (secondary N) is 1. The highest BCUT2D eigenvalue weighted by Gasteiger charge is 2.13. The van der Waals surface area contributed by atoms with Crippen LogP contribution in [0.25, 0.3) is 0 Å². The maximum absolute atomic E-state index is 12.6. The Morgan fingerprint density at radius 2 is 1.81 bits per heavy atom. The molecule has 0 unspecified atom stereocenters. The number of methoxy groups -OCH3 is 1. The smallest absolute Gasteiger partial charge is 0.252 e. The Hall–Kier alpha value is -3.08. The van der Waals surface area contributed by atoms with Crippen LogP contribution in [0.1, 0.15) is 34.8 Å². The van der Waals surface area contributed by atoms with E-state index >= 15 is 0 Å². The van der Waals surface area contributed by atoms with Gasteiger partial charge in [0.2, 0.25) is 0 Å². The van der Waals surface area contributed by atoms with Crippen LogP contribution in [0.2, 0.25) is 0 Å². The summed E-state index contributed by atoms with van der Waals surface area (Å²) in [6.45, 7) is 2.02. The van der Waals surface area contributed by atoms with E-state index in [9.17, 15) is 4.79 Å². The van der Waals surface area contributed by atoms with Crippen LogP contribution in [0, 0.1) is 0 Å². The summed E-state index contributed by atoms with van der Waals surface area (Å²) in [4.78, 5) is 12.6. The van der Waals surface area contributed by atoms with E-state index < -0.39 is 0 Å². The Morgan fingerprint density at radius 1 is 1.11 bits per heavy atom. The number of hydrogen-bond donors (Lipinski definition) is 1. The molecule has 1 amide bonds.